The number of nitrogens with one attached hydrogen (secondary N) is 1. The lowest BCUT2D eigenvalue weighted by atomic mass is 9.79. The van der Waals surface area contributed by atoms with Gasteiger partial charge in [-0.2, -0.15) is 0 Å². The summed E-state index contributed by atoms with van der Waals surface area (Å²) in [5.74, 6) is 0. The average molecular weight is 269 g/mol. The second-order valence-corrected chi connectivity index (χ2v) is 6.69. The van der Waals surface area contributed by atoms with E-state index in [-0.39, 0.29) is 0 Å². The Kier molecular flexibility index (Phi) is 5.63. The van der Waals surface area contributed by atoms with E-state index >= 15 is 0 Å². The van der Waals surface area contributed by atoms with Crippen LogP contribution in [0.2, 0.25) is 0 Å². The number of piperidine rings is 1. The molecule has 112 valence electrons. The van der Waals surface area contributed by atoms with Crippen LogP contribution in [-0.2, 0) is 4.74 Å². The maximum atomic E-state index is 5.13. The Morgan fingerprint density at radius 1 is 1.21 bits per heavy atom. The minimum atomic E-state index is 0.413. The van der Waals surface area contributed by atoms with Crippen LogP contribution in [0.3, 0.4) is 0 Å². The molecule has 1 atom stereocenters. The van der Waals surface area contributed by atoms with Crippen molar-refractivity contribution in [3.8, 4) is 0 Å². The summed E-state index contributed by atoms with van der Waals surface area (Å²) in [7, 11) is 1.79. The smallest absolute Gasteiger partial charge is 0.0474 e. The zero-order chi connectivity index (χ0) is 13.7. The molecule has 4 heteroatoms. The summed E-state index contributed by atoms with van der Waals surface area (Å²) in [5.41, 5.74) is 0.413. The molecule has 1 unspecified atom stereocenters. The monoisotopic (exact) mass is 269 g/mol. The molecule has 0 aliphatic carbocycles. The van der Waals surface area contributed by atoms with Crippen molar-refractivity contribution in [3.05, 3.63) is 0 Å². The van der Waals surface area contributed by atoms with Gasteiger partial charge in [-0.05, 0) is 24.8 Å². The van der Waals surface area contributed by atoms with Crippen molar-refractivity contribution in [2.75, 3.05) is 59.5 Å². The van der Waals surface area contributed by atoms with Gasteiger partial charge in [-0.15, -0.1) is 0 Å². The highest BCUT2D eigenvalue weighted by molar-refractivity contribution is 4.93. The van der Waals surface area contributed by atoms with Crippen LogP contribution in [0.15, 0.2) is 0 Å². The number of methoxy groups -OCH3 is 1. The Morgan fingerprint density at radius 3 is 2.58 bits per heavy atom. The van der Waals surface area contributed by atoms with Gasteiger partial charge in [-0.25, -0.2) is 0 Å². The number of ether oxygens (including phenoxy) is 1. The van der Waals surface area contributed by atoms with Gasteiger partial charge in [-0.3, -0.25) is 4.90 Å². The molecule has 1 N–H and O–H groups in total. The summed E-state index contributed by atoms with van der Waals surface area (Å²) in [6.45, 7) is 14.2. The average Bonchev–Trinajstić information content (AvgIpc) is 2.40. The molecular formula is C15H31N3O. The molecule has 0 saturated carbocycles. The standard InChI is InChI=1S/C15H31N3O/c1-15(2)13-16-6-5-14(15)18-10-8-17(9-11-18)7-4-12-19-3/h14,16H,4-13H2,1-3H3. The molecule has 0 amide bonds. The van der Waals surface area contributed by atoms with Crippen LogP contribution in [-0.4, -0.2) is 75.4 Å². The molecule has 0 spiro atoms. The topological polar surface area (TPSA) is 27.7 Å². The van der Waals surface area contributed by atoms with E-state index < -0.39 is 0 Å². The van der Waals surface area contributed by atoms with Crippen molar-refractivity contribution in [2.24, 2.45) is 5.41 Å². The fourth-order valence-corrected chi connectivity index (χ4v) is 3.57. The Bertz CT molecular complexity index is 262. The first-order chi connectivity index (χ1) is 9.13. The van der Waals surface area contributed by atoms with E-state index in [0.717, 1.165) is 25.6 Å². The molecule has 2 saturated heterocycles. The molecule has 0 bridgehead atoms. The number of hydrogen-bond acceptors (Lipinski definition) is 4. The van der Waals surface area contributed by atoms with Crippen LogP contribution < -0.4 is 5.32 Å². The van der Waals surface area contributed by atoms with E-state index in [9.17, 15) is 0 Å². The Hall–Kier alpha value is -0.160. The van der Waals surface area contributed by atoms with Gasteiger partial charge in [0.2, 0.25) is 0 Å². The maximum absolute atomic E-state index is 5.13. The maximum Gasteiger partial charge on any atom is 0.0474 e. The minimum Gasteiger partial charge on any atom is -0.385 e. The molecule has 2 rings (SSSR count). The Balaban J connectivity index is 1.76. The third-order valence-corrected chi connectivity index (χ3v) is 4.75. The van der Waals surface area contributed by atoms with Crippen LogP contribution in [0.1, 0.15) is 26.7 Å². The third kappa shape index (κ3) is 4.15. The van der Waals surface area contributed by atoms with Gasteiger partial charge in [0.05, 0.1) is 0 Å². The van der Waals surface area contributed by atoms with Crippen molar-refractivity contribution in [1.82, 2.24) is 15.1 Å². The molecular weight excluding hydrogens is 238 g/mol. The zero-order valence-corrected chi connectivity index (χ0v) is 13.0. The number of rotatable bonds is 5. The molecule has 0 radical (unpaired) electrons. The lowest BCUT2D eigenvalue weighted by Gasteiger charge is -2.48. The highest BCUT2D eigenvalue weighted by Crippen LogP contribution is 2.30. The quantitative estimate of drug-likeness (QED) is 0.755. The van der Waals surface area contributed by atoms with Crippen LogP contribution in [0.4, 0.5) is 0 Å². The highest BCUT2D eigenvalue weighted by Gasteiger charge is 2.37. The summed E-state index contributed by atoms with van der Waals surface area (Å²) in [5, 5.41) is 3.54. The molecule has 2 aliphatic rings. The fourth-order valence-electron chi connectivity index (χ4n) is 3.57. The largest absolute Gasteiger partial charge is 0.385 e. The first-order valence-corrected chi connectivity index (χ1v) is 7.79. The summed E-state index contributed by atoms with van der Waals surface area (Å²) in [6, 6.07) is 0.759. The predicted octanol–water partition coefficient (Wildman–Crippen LogP) is 1.03. The van der Waals surface area contributed by atoms with Crippen molar-refractivity contribution in [2.45, 2.75) is 32.7 Å². The van der Waals surface area contributed by atoms with E-state index in [0.29, 0.717) is 5.41 Å². The predicted molar refractivity (Wildman–Crippen MR) is 79.6 cm³/mol. The summed E-state index contributed by atoms with van der Waals surface area (Å²) in [6.07, 6.45) is 2.46. The van der Waals surface area contributed by atoms with Gasteiger partial charge in [0.15, 0.2) is 0 Å². The van der Waals surface area contributed by atoms with Gasteiger partial charge < -0.3 is 15.0 Å². The van der Waals surface area contributed by atoms with Crippen LogP contribution in [0.5, 0.6) is 0 Å². The van der Waals surface area contributed by atoms with Gasteiger partial charge in [0, 0.05) is 59.0 Å². The van der Waals surface area contributed by atoms with E-state index in [4.69, 9.17) is 4.74 Å². The van der Waals surface area contributed by atoms with Crippen LogP contribution >= 0.6 is 0 Å². The van der Waals surface area contributed by atoms with Crippen molar-refractivity contribution < 1.29 is 4.74 Å². The van der Waals surface area contributed by atoms with E-state index in [1.807, 2.05) is 0 Å². The second-order valence-electron chi connectivity index (χ2n) is 6.69. The summed E-state index contributed by atoms with van der Waals surface area (Å²) in [4.78, 5) is 5.32. The van der Waals surface area contributed by atoms with Crippen LogP contribution in [0.25, 0.3) is 0 Å². The van der Waals surface area contributed by atoms with Crippen molar-refractivity contribution in [1.29, 1.82) is 0 Å². The first kappa shape index (κ1) is 15.2. The molecule has 0 aromatic carbocycles. The number of hydrogen-bond donors (Lipinski definition) is 1. The highest BCUT2D eigenvalue weighted by atomic mass is 16.5. The molecule has 19 heavy (non-hydrogen) atoms. The molecule has 0 aromatic rings. The second kappa shape index (κ2) is 7.02. The van der Waals surface area contributed by atoms with Gasteiger partial charge in [0.25, 0.3) is 0 Å². The lowest BCUT2D eigenvalue weighted by molar-refractivity contribution is 0.0194. The van der Waals surface area contributed by atoms with Gasteiger partial charge >= 0.3 is 0 Å². The Labute approximate surface area is 118 Å². The van der Waals surface area contributed by atoms with Crippen molar-refractivity contribution >= 4 is 0 Å². The molecule has 4 nitrogen and oxygen atoms in total. The molecule has 2 heterocycles. The van der Waals surface area contributed by atoms with E-state index in [2.05, 4.69) is 29.0 Å². The SMILES string of the molecule is COCCCN1CCN(C2CCNCC2(C)C)CC1. The number of piperazine rings is 1. The Morgan fingerprint density at radius 2 is 1.95 bits per heavy atom. The van der Waals surface area contributed by atoms with Crippen molar-refractivity contribution in [3.63, 3.8) is 0 Å². The third-order valence-electron chi connectivity index (χ3n) is 4.75. The molecule has 0 aromatic heterocycles. The van der Waals surface area contributed by atoms with E-state index in [1.165, 1.54) is 45.7 Å². The molecule has 2 fully saturated rings. The fraction of sp³-hybridized carbons (Fsp3) is 1.00. The summed E-state index contributed by atoms with van der Waals surface area (Å²) >= 11 is 0. The van der Waals surface area contributed by atoms with Gasteiger partial charge in [-0.1, -0.05) is 13.8 Å². The normalized spacial score (nSPS) is 29.5. The zero-order valence-electron chi connectivity index (χ0n) is 13.0. The minimum absolute atomic E-state index is 0.413. The number of nitrogens with zero attached hydrogens (tertiary/aromatic N) is 2. The van der Waals surface area contributed by atoms with Gasteiger partial charge in [0.1, 0.15) is 0 Å². The lowest BCUT2D eigenvalue weighted by Crippen LogP contribution is -2.59. The first-order valence-electron chi connectivity index (χ1n) is 7.79. The van der Waals surface area contributed by atoms with Crippen LogP contribution in [0, 0.1) is 5.41 Å². The van der Waals surface area contributed by atoms with E-state index in [1.54, 1.807) is 7.11 Å². The molecule has 2 aliphatic heterocycles. The summed E-state index contributed by atoms with van der Waals surface area (Å²) < 4.78 is 5.13.